The van der Waals surface area contributed by atoms with Crippen molar-refractivity contribution in [2.24, 2.45) is 11.8 Å². The van der Waals surface area contributed by atoms with Gasteiger partial charge in [-0.15, -0.1) is 0 Å². The standard InChI is InChI=1S/C13H25N3O/c1-9(12(17)15(4)5)16-8-10-6-14-7-11(10)13(16,2)3/h9-11,14H,6-8H2,1-5H3. The second kappa shape index (κ2) is 4.25. The number of hydrogen-bond donors (Lipinski definition) is 1. The van der Waals surface area contributed by atoms with Crippen LogP contribution in [0.5, 0.6) is 0 Å². The molecule has 2 rings (SSSR count). The van der Waals surface area contributed by atoms with Gasteiger partial charge in [-0.25, -0.2) is 0 Å². The van der Waals surface area contributed by atoms with Gasteiger partial charge in [0.05, 0.1) is 6.04 Å². The van der Waals surface area contributed by atoms with Crippen LogP contribution in [0.2, 0.25) is 0 Å². The fraction of sp³-hybridized carbons (Fsp3) is 0.923. The highest BCUT2D eigenvalue weighted by molar-refractivity contribution is 5.81. The molecule has 1 amide bonds. The van der Waals surface area contributed by atoms with E-state index in [4.69, 9.17) is 0 Å². The van der Waals surface area contributed by atoms with Gasteiger partial charge in [0.25, 0.3) is 0 Å². The van der Waals surface area contributed by atoms with Gasteiger partial charge in [-0.3, -0.25) is 9.69 Å². The zero-order chi connectivity index (χ0) is 12.8. The van der Waals surface area contributed by atoms with Crippen LogP contribution in [0.25, 0.3) is 0 Å². The van der Waals surface area contributed by atoms with Crippen LogP contribution in [0.3, 0.4) is 0 Å². The highest BCUT2D eigenvalue weighted by Gasteiger charge is 2.51. The molecule has 0 spiro atoms. The van der Waals surface area contributed by atoms with Crippen LogP contribution in [0.4, 0.5) is 0 Å². The summed E-state index contributed by atoms with van der Waals surface area (Å²) in [5.74, 6) is 1.60. The normalized spacial score (nSPS) is 33.5. The van der Waals surface area contributed by atoms with Crippen molar-refractivity contribution in [1.82, 2.24) is 15.1 Å². The van der Waals surface area contributed by atoms with Crippen LogP contribution in [-0.2, 0) is 4.79 Å². The minimum atomic E-state index is -0.00870. The smallest absolute Gasteiger partial charge is 0.239 e. The lowest BCUT2D eigenvalue weighted by Gasteiger charge is -2.39. The van der Waals surface area contributed by atoms with E-state index in [2.05, 4.69) is 24.1 Å². The molecular weight excluding hydrogens is 214 g/mol. The van der Waals surface area contributed by atoms with Gasteiger partial charge in [-0.1, -0.05) is 0 Å². The van der Waals surface area contributed by atoms with E-state index in [0.717, 1.165) is 19.6 Å². The second-order valence-corrected chi connectivity index (χ2v) is 6.24. The number of nitrogens with zero attached hydrogens (tertiary/aromatic N) is 2. The molecule has 0 aromatic rings. The number of carbonyl (C=O) groups excluding carboxylic acids is 1. The Balaban J connectivity index is 2.15. The first kappa shape index (κ1) is 12.8. The lowest BCUT2D eigenvalue weighted by Crippen LogP contribution is -2.53. The highest BCUT2D eigenvalue weighted by atomic mass is 16.2. The fourth-order valence-electron chi connectivity index (χ4n) is 3.62. The topological polar surface area (TPSA) is 35.6 Å². The molecule has 0 aromatic heterocycles. The predicted molar refractivity (Wildman–Crippen MR) is 68.8 cm³/mol. The third-order valence-corrected chi connectivity index (χ3v) is 4.68. The van der Waals surface area contributed by atoms with E-state index >= 15 is 0 Å². The largest absolute Gasteiger partial charge is 0.347 e. The van der Waals surface area contributed by atoms with Gasteiger partial charge >= 0.3 is 0 Å². The molecule has 2 heterocycles. The van der Waals surface area contributed by atoms with E-state index in [1.54, 1.807) is 4.90 Å². The molecule has 98 valence electrons. The third kappa shape index (κ3) is 1.97. The van der Waals surface area contributed by atoms with E-state index in [1.807, 2.05) is 21.0 Å². The average Bonchev–Trinajstić information content (AvgIpc) is 2.79. The minimum Gasteiger partial charge on any atom is -0.347 e. The maximum Gasteiger partial charge on any atom is 0.239 e. The quantitative estimate of drug-likeness (QED) is 0.757. The Morgan fingerprint density at radius 2 is 2.06 bits per heavy atom. The number of rotatable bonds is 2. The van der Waals surface area contributed by atoms with Crippen molar-refractivity contribution in [2.75, 3.05) is 33.7 Å². The van der Waals surface area contributed by atoms with Crippen LogP contribution >= 0.6 is 0 Å². The number of hydrogen-bond acceptors (Lipinski definition) is 3. The van der Waals surface area contributed by atoms with Crippen molar-refractivity contribution in [1.29, 1.82) is 0 Å². The van der Waals surface area contributed by atoms with Crippen LogP contribution in [0.1, 0.15) is 20.8 Å². The summed E-state index contributed by atoms with van der Waals surface area (Å²) in [5.41, 5.74) is 0.124. The molecule has 2 aliphatic heterocycles. The Morgan fingerprint density at radius 3 is 2.59 bits per heavy atom. The lowest BCUT2D eigenvalue weighted by atomic mass is 9.84. The summed E-state index contributed by atoms with van der Waals surface area (Å²) in [7, 11) is 3.68. The number of carbonyl (C=O) groups is 1. The molecular formula is C13H25N3O. The van der Waals surface area contributed by atoms with Gasteiger partial charge in [0.1, 0.15) is 0 Å². The van der Waals surface area contributed by atoms with Crippen LogP contribution < -0.4 is 5.32 Å². The van der Waals surface area contributed by atoms with E-state index in [1.165, 1.54) is 0 Å². The maximum atomic E-state index is 12.1. The monoisotopic (exact) mass is 239 g/mol. The molecule has 0 aromatic carbocycles. The number of amides is 1. The summed E-state index contributed by atoms with van der Waals surface area (Å²) in [6.45, 7) is 9.85. The molecule has 2 saturated heterocycles. The van der Waals surface area contributed by atoms with Crippen molar-refractivity contribution < 1.29 is 4.79 Å². The Kier molecular flexibility index (Phi) is 3.21. The molecule has 2 aliphatic rings. The van der Waals surface area contributed by atoms with Gasteiger partial charge in [0.2, 0.25) is 5.91 Å². The third-order valence-electron chi connectivity index (χ3n) is 4.68. The van der Waals surface area contributed by atoms with E-state index in [0.29, 0.717) is 11.8 Å². The zero-order valence-electron chi connectivity index (χ0n) is 11.7. The molecule has 2 fully saturated rings. The van der Waals surface area contributed by atoms with Gasteiger partial charge < -0.3 is 10.2 Å². The SMILES string of the molecule is CC(C(=O)N(C)C)N1CC2CNCC2C1(C)C. The van der Waals surface area contributed by atoms with E-state index < -0.39 is 0 Å². The number of likely N-dealkylation sites (tertiary alicyclic amines) is 1. The maximum absolute atomic E-state index is 12.1. The minimum absolute atomic E-state index is 0.00870. The first-order valence-electron chi connectivity index (χ1n) is 6.54. The van der Waals surface area contributed by atoms with Crippen molar-refractivity contribution >= 4 is 5.91 Å². The molecule has 0 radical (unpaired) electrons. The van der Waals surface area contributed by atoms with Gasteiger partial charge in [-0.05, 0) is 39.2 Å². The molecule has 0 aliphatic carbocycles. The summed E-state index contributed by atoms with van der Waals surface area (Å²) >= 11 is 0. The fourth-order valence-corrected chi connectivity index (χ4v) is 3.62. The van der Waals surface area contributed by atoms with Gasteiger partial charge in [0, 0.05) is 32.7 Å². The van der Waals surface area contributed by atoms with Gasteiger partial charge in [-0.2, -0.15) is 0 Å². The summed E-state index contributed by atoms with van der Waals surface area (Å²) in [6.07, 6.45) is 0. The summed E-state index contributed by atoms with van der Waals surface area (Å²) in [6, 6.07) is -0.00870. The van der Waals surface area contributed by atoms with Crippen LogP contribution in [-0.4, -0.2) is 61.0 Å². The Hall–Kier alpha value is -0.610. The summed E-state index contributed by atoms with van der Waals surface area (Å²) in [5, 5.41) is 3.47. The van der Waals surface area contributed by atoms with Crippen LogP contribution in [0.15, 0.2) is 0 Å². The van der Waals surface area contributed by atoms with Crippen molar-refractivity contribution in [3.8, 4) is 0 Å². The summed E-state index contributed by atoms with van der Waals surface area (Å²) < 4.78 is 0. The molecule has 3 atom stereocenters. The average molecular weight is 239 g/mol. The molecule has 4 heteroatoms. The first-order chi connectivity index (χ1) is 7.85. The van der Waals surface area contributed by atoms with Crippen molar-refractivity contribution in [3.05, 3.63) is 0 Å². The zero-order valence-corrected chi connectivity index (χ0v) is 11.7. The van der Waals surface area contributed by atoms with E-state index in [9.17, 15) is 4.79 Å². The predicted octanol–water partition coefficient (Wildman–Crippen LogP) is 0.393. The van der Waals surface area contributed by atoms with Crippen molar-refractivity contribution in [2.45, 2.75) is 32.4 Å². The Bertz CT molecular complexity index is 314. The van der Waals surface area contributed by atoms with E-state index in [-0.39, 0.29) is 17.5 Å². The first-order valence-corrected chi connectivity index (χ1v) is 6.54. The highest BCUT2D eigenvalue weighted by Crippen LogP contribution is 2.41. The number of nitrogens with one attached hydrogen (secondary N) is 1. The van der Waals surface area contributed by atoms with Crippen LogP contribution in [0, 0.1) is 11.8 Å². The molecule has 3 unspecified atom stereocenters. The van der Waals surface area contributed by atoms with Crippen molar-refractivity contribution in [3.63, 3.8) is 0 Å². The summed E-state index contributed by atoms with van der Waals surface area (Å²) in [4.78, 5) is 16.2. The molecule has 4 nitrogen and oxygen atoms in total. The molecule has 0 saturated carbocycles. The second-order valence-electron chi connectivity index (χ2n) is 6.24. The Morgan fingerprint density at radius 1 is 1.41 bits per heavy atom. The Labute approximate surface area is 104 Å². The van der Waals surface area contributed by atoms with Gasteiger partial charge in [0.15, 0.2) is 0 Å². The molecule has 1 N–H and O–H groups in total. The lowest BCUT2D eigenvalue weighted by molar-refractivity contribution is -0.135. The number of likely N-dealkylation sites (N-methyl/N-ethyl adjacent to an activating group) is 1. The number of fused-ring (bicyclic) bond motifs is 1. The molecule has 17 heavy (non-hydrogen) atoms. The molecule has 0 bridgehead atoms.